The van der Waals surface area contributed by atoms with Gasteiger partial charge >= 0.3 is 5.97 Å². The van der Waals surface area contributed by atoms with Gasteiger partial charge in [-0.3, -0.25) is 4.79 Å². The van der Waals surface area contributed by atoms with Gasteiger partial charge in [-0.25, -0.2) is 4.79 Å². The number of nitriles is 1. The van der Waals surface area contributed by atoms with Gasteiger partial charge in [0.2, 0.25) is 0 Å². The lowest BCUT2D eigenvalue weighted by Crippen LogP contribution is -2.31. The molecule has 1 N–H and O–H groups in total. The van der Waals surface area contributed by atoms with Crippen molar-refractivity contribution in [2.45, 2.75) is 20.0 Å². The highest BCUT2D eigenvalue weighted by molar-refractivity contribution is 6.35. The molecule has 0 bridgehead atoms. The Bertz CT molecular complexity index is 670. The zero-order chi connectivity index (χ0) is 17.6. The van der Waals surface area contributed by atoms with Gasteiger partial charge in [0.25, 0.3) is 0 Å². The number of Topliss-reactive ketones (excluding diaryl/α,β-unsaturated/α-hetero) is 1. The van der Waals surface area contributed by atoms with Crippen LogP contribution in [-0.4, -0.2) is 30.2 Å². The van der Waals surface area contributed by atoms with Crippen molar-refractivity contribution >= 4 is 40.7 Å². The molecule has 0 saturated heterocycles. The van der Waals surface area contributed by atoms with Crippen molar-refractivity contribution in [3.63, 3.8) is 0 Å². The zero-order valence-corrected chi connectivity index (χ0v) is 13.9. The normalized spacial score (nSPS) is 12.7. The second kappa shape index (κ2) is 8.51. The number of ether oxygens (including phenoxy) is 2. The minimum atomic E-state index is -1.22. The number of halogens is 2. The van der Waals surface area contributed by atoms with E-state index < -0.39 is 30.4 Å². The summed E-state index contributed by atoms with van der Waals surface area (Å²) in [5.41, 5.74) is -0.106. The standard InChI is InChI=1S/C15H14Cl2N2O4/c1-8(19)11(6-18)13(20)7-22-15(21)9(2)23-14-4-3-10(16)5-12(14)17/h3-5,9,11,19H,7H2,1-2H3/t9-,11-/m1/s1. The topological polar surface area (TPSA) is 100 Å². The van der Waals surface area contributed by atoms with E-state index in [0.29, 0.717) is 5.02 Å². The van der Waals surface area contributed by atoms with Crippen LogP contribution in [0.3, 0.4) is 0 Å². The molecule has 1 aromatic rings. The summed E-state index contributed by atoms with van der Waals surface area (Å²) >= 11 is 11.7. The summed E-state index contributed by atoms with van der Waals surface area (Å²) in [5.74, 6) is -2.42. The van der Waals surface area contributed by atoms with Gasteiger partial charge in [0.15, 0.2) is 18.5 Å². The summed E-state index contributed by atoms with van der Waals surface area (Å²) < 4.78 is 10.1. The second-order valence-corrected chi connectivity index (χ2v) is 5.50. The van der Waals surface area contributed by atoms with E-state index in [-0.39, 0.29) is 16.5 Å². The maximum atomic E-state index is 11.8. The predicted octanol–water partition coefficient (Wildman–Crippen LogP) is 3.05. The molecule has 6 nitrogen and oxygen atoms in total. The SMILES string of the molecule is CC(=N)[C@@H](C#N)C(=O)COC(=O)[C@@H](C)Oc1ccc(Cl)cc1Cl. The number of rotatable bonds is 7. The molecule has 0 aliphatic rings. The fourth-order valence-corrected chi connectivity index (χ4v) is 2.02. The Hall–Kier alpha value is -2.10. The highest BCUT2D eigenvalue weighted by Gasteiger charge is 2.24. The zero-order valence-electron chi connectivity index (χ0n) is 12.4. The van der Waals surface area contributed by atoms with E-state index in [9.17, 15) is 9.59 Å². The van der Waals surface area contributed by atoms with Crippen LogP contribution in [0.4, 0.5) is 0 Å². The fourth-order valence-electron chi connectivity index (χ4n) is 1.56. The molecule has 0 unspecified atom stereocenters. The third-order valence-electron chi connectivity index (χ3n) is 2.77. The van der Waals surface area contributed by atoms with Crippen molar-refractivity contribution in [3.8, 4) is 11.8 Å². The van der Waals surface area contributed by atoms with E-state index in [0.717, 1.165) is 0 Å². The van der Waals surface area contributed by atoms with Gasteiger partial charge < -0.3 is 14.9 Å². The quantitative estimate of drug-likeness (QED) is 0.597. The Morgan fingerprint density at radius 2 is 2.04 bits per heavy atom. The molecular weight excluding hydrogens is 343 g/mol. The molecule has 0 radical (unpaired) electrons. The molecule has 0 aliphatic carbocycles. The van der Waals surface area contributed by atoms with Crippen LogP contribution >= 0.6 is 23.2 Å². The van der Waals surface area contributed by atoms with Crippen LogP contribution in [0.2, 0.25) is 10.0 Å². The average Bonchev–Trinajstić information content (AvgIpc) is 2.47. The second-order valence-electron chi connectivity index (χ2n) is 4.65. The Kier molecular flexibility index (Phi) is 7.01. The highest BCUT2D eigenvalue weighted by Crippen LogP contribution is 2.28. The Morgan fingerprint density at radius 3 is 2.57 bits per heavy atom. The largest absolute Gasteiger partial charge is 0.477 e. The first kappa shape index (κ1) is 18.9. The van der Waals surface area contributed by atoms with Crippen LogP contribution in [0, 0.1) is 22.7 Å². The Balaban J connectivity index is 2.59. The van der Waals surface area contributed by atoms with E-state index in [1.54, 1.807) is 12.1 Å². The summed E-state index contributed by atoms with van der Waals surface area (Å²) in [6.45, 7) is 2.17. The lowest BCUT2D eigenvalue weighted by atomic mass is 10.0. The lowest BCUT2D eigenvalue weighted by molar-refractivity contribution is -0.154. The molecule has 0 fully saturated rings. The third-order valence-corrected chi connectivity index (χ3v) is 3.30. The summed E-state index contributed by atoms with van der Waals surface area (Å²) in [6, 6.07) is 6.20. The minimum Gasteiger partial charge on any atom is -0.477 e. The maximum Gasteiger partial charge on any atom is 0.347 e. The molecule has 0 amide bonds. The number of hydrogen-bond donors (Lipinski definition) is 1. The van der Waals surface area contributed by atoms with Crippen LogP contribution in [-0.2, 0) is 14.3 Å². The van der Waals surface area contributed by atoms with Crippen molar-refractivity contribution < 1.29 is 19.1 Å². The van der Waals surface area contributed by atoms with Gasteiger partial charge in [0.05, 0.1) is 11.1 Å². The molecule has 0 saturated carbocycles. The first-order valence-corrected chi connectivity index (χ1v) is 7.27. The molecule has 2 atom stereocenters. The van der Waals surface area contributed by atoms with Gasteiger partial charge in [0, 0.05) is 10.7 Å². The molecule has 23 heavy (non-hydrogen) atoms. The molecule has 8 heteroatoms. The predicted molar refractivity (Wildman–Crippen MR) is 85.0 cm³/mol. The average molecular weight is 357 g/mol. The lowest BCUT2D eigenvalue weighted by Gasteiger charge is -2.15. The number of carbonyl (C=O) groups is 2. The first-order chi connectivity index (χ1) is 10.8. The van der Waals surface area contributed by atoms with Crippen LogP contribution in [0.5, 0.6) is 5.75 Å². The van der Waals surface area contributed by atoms with Crippen molar-refractivity contribution in [3.05, 3.63) is 28.2 Å². The smallest absolute Gasteiger partial charge is 0.347 e. The van der Waals surface area contributed by atoms with E-state index in [1.807, 2.05) is 0 Å². The summed E-state index contributed by atoms with van der Waals surface area (Å²) in [4.78, 5) is 23.5. The van der Waals surface area contributed by atoms with Crippen molar-refractivity contribution in [1.82, 2.24) is 0 Å². The number of hydrogen-bond acceptors (Lipinski definition) is 6. The number of esters is 1. The Morgan fingerprint density at radius 1 is 1.39 bits per heavy atom. The molecular formula is C15H14Cl2N2O4. The van der Waals surface area contributed by atoms with Gasteiger partial charge in [-0.15, -0.1) is 0 Å². The van der Waals surface area contributed by atoms with Crippen molar-refractivity contribution in [2.75, 3.05) is 6.61 Å². The van der Waals surface area contributed by atoms with Crippen molar-refractivity contribution in [1.29, 1.82) is 10.7 Å². The van der Waals surface area contributed by atoms with Crippen molar-refractivity contribution in [2.24, 2.45) is 5.92 Å². The number of nitrogens with zero attached hydrogens (tertiary/aromatic N) is 1. The van der Waals surface area contributed by atoms with Crippen LogP contribution < -0.4 is 4.74 Å². The number of ketones is 1. The number of benzene rings is 1. The van der Waals surface area contributed by atoms with E-state index in [2.05, 4.69) is 0 Å². The van der Waals surface area contributed by atoms with E-state index in [1.165, 1.54) is 26.0 Å². The third kappa shape index (κ3) is 5.55. The molecule has 0 spiro atoms. The first-order valence-electron chi connectivity index (χ1n) is 6.52. The Labute approximate surface area is 143 Å². The molecule has 1 aromatic carbocycles. The number of nitrogens with one attached hydrogen (secondary N) is 1. The van der Waals surface area contributed by atoms with Crippen LogP contribution in [0.15, 0.2) is 18.2 Å². The van der Waals surface area contributed by atoms with E-state index in [4.69, 9.17) is 43.3 Å². The minimum absolute atomic E-state index is 0.106. The van der Waals surface area contributed by atoms with Gasteiger partial charge in [-0.2, -0.15) is 5.26 Å². The fraction of sp³-hybridized carbons (Fsp3) is 0.333. The van der Waals surface area contributed by atoms with E-state index >= 15 is 0 Å². The maximum absolute atomic E-state index is 11.8. The number of carbonyl (C=O) groups excluding carboxylic acids is 2. The highest BCUT2D eigenvalue weighted by atomic mass is 35.5. The van der Waals surface area contributed by atoms with Gasteiger partial charge in [0.1, 0.15) is 11.7 Å². The summed E-state index contributed by atoms with van der Waals surface area (Å²) in [5, 5.41) is 16.8. The monoisotopic (exact) mass is 356 g/mol. The summed E-state index contributed by atoms with van der Waals surface area (Å²) in [7, 11) is 0. The van der Waals surface area contributed by atoms with Crippen LogP contribution in [0.25, 0.3) is 0 Å². The molecule has 0 aromatic heterocycles. The molecule has 0 aliphatic heterocycles. The molecule has 0 heterocycles. The summed E-state index contributed by atoms with van der Waals surface area (Å²) in [6.07, 6.45) is -1.01. The van der Waals surface area contributed by atoms with Gasteiger partial charge in [-0.1, -0.05) is 23.2 Å². The van der Waals surface area contributed by atoms with Gasteiger partial charge in [-0.05, 0) is 32.0 Å². The molecule has 122 valence electrons. The molecule has 1 rings (SSSR count). The van der Waals surface area contributed by atoms with Crippen LogP contribution in [0.1, 0.15) is 13.8 Å².